The van der Waals surface area contributed by atoms with Crippen molar-refractivity contribution in [3.05, 3.63) is 70.7 Å². The molecule has 1 N–H and O–H groups in total. The third kappa shape index (κ3) is 5.67. The molecule has 8 heteroatoms. The van der Waals surface area contributed by atoms with Crippen LogP contribution >= 0.6 is 15.9 Å². The predicted octanol–water partition coefficient (Wildman–Crippen LogP) is 4.26. The van der Waals surface area contributed by atoms with Gasteiger partial charge in [0.1, 0.15) is 0 Å². The van der Waals surface area contributed by atoms with E-state index in [-0.39, 0.29) is 11.3 Å². The van der Waals surface area contributed by atoms with Gasteiger partial charge in [-0.3, -0.25) is 9.59 Å². The maximum Gasteiger partial charge on any atom is 0.307 e. The van der Waals surface area contributed by atoms with Crippen LogP contribution in [0.2, 0.25) is 0 Å². The number of fused-ring (bicyclic) bond motifs is 1. The van der Waals surface area contributed by atoms with Gasteiger partial charge in [-0.1, -0.05) is 46.3 Å². The Balaban J connectivity index is 1.51. The number of benzene rings is 3. The molecule has 1 amide bonds. The molecule has 0 aromatic heterocycles. The first-order valence-corrected chi connectivity index (χ1v) is 11.6. The van der Waals surface area contributed by atoms with Crippen LogP contribution in [0.3, 0.4) is 0 Å². The largest absolute Gasteiger partial charge is 0.456 e. The first-order valence-electron chi connectivity index (χ1n) is 9.18. The van der Waals surface area contributed by atoms with E-state index in [1.807, 2.05) is 31.2 Å². The van der Waals surface area contributed by atoms with E-state index < -0.39 is 34.1 Å². The highest BCUT2D eigenvalue weighted by Gasteiger charge is 2.18. The molecule has 0 unspecified atom stereocenters. The predicted molar refractivity (Wildman–Crippen MR) is 119 cm³/mol. The zero-order valence-electron chi connectivity index (χ0n) is 16.2. The van der Waals surface area contributed by atoms with E-state index in [2.05, 4.69) is 21.2 Å². The number of aryl methyl sites for hydroxylation is 1. The molecule has 0 saturated carbocycles. The van der Waals surface area contributed by atoms with Crippen LogP contribution in [0.1, 0.15) is 12.0 Å². The van der Waals surface area contributed by atoms with Gasteiger partial charge in [0.15, 0.2) is 16.4 Å². The molecule has 0 heterocycles. The summed E-state index contributed by atoms with van der Waals surface area (Å²) in [6.07, 6.45) is -0.333. The van der Waals surface area contributed by atoms with Crippen LogP contribution in [-0.4, -0.2) is 32.7 Å². The maximum absolute atomic E-state index is 12.5. The number of halogens is 1. The van der Waals surface area contributed by atoms with E-state index >= 15 is 0 Å². The first-order chi connectivity index (χ1) is 14.2. The summed E-state index contributed by atoms with van der Waals surface area (Å²) in [5.74, 6) is -1.64. The lowest BCUT2D eigenvalue weighted by molar-refractivity contribution is -0.146. The van der Waals surface area contributed by atoms with Crippen molar-refractivity contribution in [1.29, 1.82) is 0 Å². The van der Waals surface area contributed by atoms with Crippen molar-refractivity contribution in [2.24, 2.45) is 0 Å². The highest BCUT2D eigenvalue weighted by Crippen LogP contribution is 2.21. The lowest BCUT2D eigenvalue weighted by Crippen LogP contribution is -2.22. The second kappa shape index (κ2) is 9.40. The van der Waals surface area contributed by atoms with Gasteiger partial charge >= 0.3 is 5.97 Å². The van der Waals surface area contributed by atoms with E-state index in [4.69, 9.17) is 4.74 Å². The topological polar surface area (TPSA) is 89.5 Å². The zero-order valence-corrected chi connectivity index (χ0v) is 18.6. The van der Waals surface area contributed by atoms with Crippen LogP contribution in [0.5, 0.6) is 0 Å². The average molecular weight is 490 g/mol. The maximum atomic E-state index is 12.5. The third-order valence-electron chi connectivity index (χ3n) is 4.46. The van der Waals surface area contributed by atoms with Crippen LogP contribution in [-0.2, 0) is 24.2 Å². The van der Waals surface area contributed by atoms with Crippen molar-refractivity contribution in [3.8, 4) is 0 Å². The van der Waals surface area contributed by atoms with Crippen molar-refractivity contribution in [2.75, 3.05) is 17.7 Å². The van der Waals surface area contributed by atoms with E-state index in [1.165, 1.54) is 6.07 Å². The van der Waals surface area contributed by atoms with E-state index in [0.29, 0.717) is 5.69 Å². The quantitative estimate of drug-likeness (QED) is 0.500. The number of anilines is 1. The molecule has 0 aliphatic carbocycles. The lowest BCUT2D eigenvalue weighted by Gasteiger charge is -2.09. The fraction of sp³-hybridized carbons (Fsp3) is 0.182. The number of rotatable bonds is 7. The molecule has 0 radical (unpaired) electrons. The fourth-order valence-corrected chi connectivity index (χ4v) is 4.33. The van der Waals surface area contributed by atoms with Gasteiger partial charge in [0.2, 0.25) is 0 Å². The van der Waals surface area contributed by atoms with Gasteiger partial charge in [-0.2, -0.15) is 0 Å². The van der Waals surface area contributed by atoms with Crippen LogP contribution in [0, 0.1) is 6.92 Å². The molecule has 156 valence electrons. The summed E-state index contributed by atoms with van der Waals surface area (Å²) in [5, 5.41) is 4.36. The summed E-state index contributed by atoms with van der Waals surface area (Å²) in [6, 6.07) is 17.6. The molecule has 3 rings (SSSR count). The molecule has 0 atom stereocenters. The summed E-state index contributed by atoms with van der Waals surface area (Å²) in [7, 11) is -3.65. The van der Waals surface area contributed by atoms with Crippen LogP contribution in [0.4, 0.5) is 5.69 Å². The average Bonchev–Trinajstić information content (AvgIpc) is 2.73. The van der Waals surface area contributed by atoms with Crippen molar-refractivity contribution in [1.82, 2.24) is 0 Å². The van der Waals surface area contributed by atoms with Gasteiger partial charge < -0.3 is 10.1 Å². The number of carbonyl (C=O) groups excluding carboxylic acids is 2. The van der Waals surface area contributed by atoms with Gasteiger partial charge in [0.05, 0.1) is 17.1 Å². The number of amides is 1. The van der Waals surface area contributed by atoms with Gasteiger partial charge in [-0.05, 0) is 53.6 Å². The number of carbonyl (C=O) groups is 2. The molecule has 6 nitrogen and oxygen atoms in total. The molecule has 0 bridgehead atoms. The summed E-state index contributed by atoms with van der Waals surface area (Å²) in [5.41, 5.74) is 1.53. The molecule has 0 saturated heterocycles. The molecule has 30 heavy (non-hydrogen) atoms. The Hall–Kier alpha value is -2.71. The van der Waals surface area contributed by atoms with Crippen molar-refractivity contribution < 1.29 is 22.7 Å². The normalized spacial score (nSPS) is 11.3. The Labute approximate surface area is 183 Å². The number of hydrogen-bond acceptors (Lipinski definition) is 5. The Bertz CT molecular complexity index is 1210. The third-order valence-corrected chi connectivity index (χ3v) is 7.06. The van der Waals surface area contributed by atoms with Crippen LogP contribution in [0.25, 0.3) is 10.8 Å². The Kier molecular flexibility index (Phi) is 6.89. The standard InChI is InChI=1S/C22H20BrNO5S/c1-15-12-18(7-9-20(15)23)24-21(25)14-29-22(26)10-11-30(27,28)19-8-6-16-4-2-3-5-17(16)13-19/h2-9,12-13H,10-11,14H2,1H3,(H,24,25). The Morgan fingerprint density at radius 1 is 1.00 bits per heavy atom. The van der Waals surface area contributed by atoms with Gasteiger partial charge in [-0.15, -0.1) is 0 Å². The van der Waals surface area contributed by atoms with Crippen LogP contribution < -0.4 is 5.32 Å². The number of sulfone groups is 1. The highest BCUT2D eigenvalue weighted by atomic mass is 79.9. The smallest absolute Gasteiger partial charge is 0.307 e. The molecule has 0 aliphatic heterocycles. The second-order valence-electron chi connectivity index (χ2n) is 6.75. The molecule has 0 fully saturated rings. The molecule has 3 aromatic rings. The summed E-state index contributed by atoms with van der Waals surface area (Å²) >= 11 is 3.38. The van der Waals surface area contributed by atoms with Crippen molar-refractivity contribution in [3.63, 3.8) is 0 Å². The SMILES string of the molecule is Cc1cc(NC(=O)COC(=O)CCS(=O)(=O)c2ccc3ccccc3c2)ccc1Br. The Morgan fingerprint density at radius 3 is 2.47 bits per heavy atom. The number of nitrogens with one attached hydrogen (secondary N) is 1. The highest BCUT2D eigenvalue weighted by molar-refractivity contribution is 9.10. The van der Waals surface area contributed by atoms with Crippen molar-refractivity contribution in [2.45, 2.75) is 18.2 Å². The number of esters is 1. The fourth-order valence-electron chi connectivity index (χ4n) is 2.83. The van der Waals surface area contributed by atoms with Gasteiger partial charge in [-0.25, -0.2) is 8.42 Å². The summed E-state index contributed by atoms with van der Waals surface area (Å²) in [6.45, 7) is 1.40. The van der Waals surface area contributed by atoms with Gasteiger partial charge in [0, 0.05) is 10.2 Å². The number of ether oxygens (including phenoxy) is 1. The first kappa shape index (κ1) is 22.0. The monoisotopic (exact) mass is 489 g/mol. The molecular weight excluding hydrogens is 470 g/mol. The molecule has 0 spiro atoms. The molecular formula is C22H20BrNO5S. The lowest BCUT2D eigenvalue weighted by atomic mass is 10.1. The van der Waals surface area contributed by atoms with Crippen molar-refractivity contribution >= 4 is 54.1 Å². The minimum Gasteiger partial charge on any atom is -0.456 e. The molecule has 0 aliphatic rings. The Morgan fingerprint density at radius 2 is 1.73 bits per heavy atom. The minimum absolute atomic E-state index is 0.150. The van der Waals surface area contributed by atoms with Crippen LogP contribution in [0.15, 0.2) is 70.0 Å². The summed E-state index contributed by atoms with van der Waals surface area (Å²) in [4.78, 5) is 24.0. The zero-order chi connectivity index (χ0) is 21.7. The van der Waals surface area contributed by atoms with E-state index in [9.17, 15) is 18.0 Å². The number of hydrogen-bond donors (Lipinski definition) is 1. The van der Waals surface area contributed by atoms with E-state index in [1.54, 1.807) is 30.3 Å². The van der Waals surface area contributed by atoms with E-state index in [0.717, 1.165) is 20.8 Å². The minimum atomic E-state index is -3.65. The van der Waals surface area contributed by atoms with Gasteiger partial charge in [0.25, 0.3) is 5.91 Å². The second-order valence-corrected chi connectivity index (χ2v) is 9.71. The summed E-state index contributed by atoms with van der Waals surface area (Å²) < 4.78 is 30.9. The molecule has 3 aromatic carbocycles.